The summed E-state index contributed by atoms with van der Waals surface area (Å²) >= 11 is 0. The zero-order chi connectivity index (χ0) is 12.1. The molecule has 0 spiro atoms. The molecule has 0 aromatic heterocycles. The van der Waals surface area contributed by atoms with E-state index in [0.29, 0.717) is 5.92 Å². The van der Waals surface area contributed by atoms with Crippen molar-refractivity contribution in [2.24, 2.45) is 5.92 Å². The highest BCUT2D eigenvalue weighted by atomic mass is 16.3. The highest BCUT2D eigenvalue weighted by Gasteiger charge is 2.13. The largest absolute Gasteiger partial charge is 0.396 e. The van der Waals surface area contributed by atoms with Gasteiger partial charge in [-0.3, -0.25) is 0 Å². The van der Waals surface area contributed by atoms with Gasteiger partial charge in [-0.1, -0.05) is 25.1 Å². The first-order valence-electron chi connectivity index (χ1n) is 6.47. The van der Waals surface area contributed by atoms with E-state index in [1.165, 1.54) is 16.8 Å². The molecular formula is C14H22N2O. The van der Waals surface area contributed by atoms with Crippen LogP contribution in [0.1, 0.15) is 24.5 Å². The van der Waals surface area contributed by atoms with Gasteiger partial charge in [0.2, 0.25) is 0 Å². The normalized spacial score (nSPS) is 15.4. The van der Waals surface area contributed by atoms with Crippen LogP contribution in [0.5, 0.6) is 0 Å². The molecule has 94 valence electrons. The monoisotopic (exact) mass is 234 g/mol. The standard InChI is InChI=1S/C14H22N2O/c1-11(6-8-17)9-15-10-13-4-2-3-12-5-7-16-14(12)13/h2-4,11,15-17H,5-10H2,1H3. The molecule has 1 aromatic carbocycles. The summed E-state index contributed by atoms with van der Waals surface area (Å²) in [6.07, 6.45) is 2.02. The minimum atomic E-state index is 0.283. The smallest absolute Gasteiger partial charge is 0.0434 e. The second-order valence-corrected chi connectivity index (χ2v) is 4.88. The maximum Gasteiger partial charge on any atom is 0.0434 e. The average molecular weight is 234 g/mol. The van der Waals surface area contributed by atoms with E-state index in [1.807, 2.05) is 0 Å². The number of hydrogen-bond donors (Lipinski definition) is 3. The number of nitrogens with one attached hydrogen (secondary N) is 2. The van der Waals surface area contributed by atoms with Crippen molar-refractivity contribution in [3.63, 3.8) is 0 Å². The van der Waals surface area contributed by atoms with Crippen LogP contribution in [-0.2, 0) is 13.0 Å². The van der Waals surface area contributed by atoms with Gasteiger partial charge in [0.15, 0.2) is 0 Å². The fourth-order valence-corrected chi connectivity index (χ4v) is 2.33. The number of rotatable bonds is 6. The Morgan fingerprint density at radius 3 is 3.18 bits per heavy atom. The van der Waals surface area contributed by atoms with E-state index in [0.717, 1.165) is 32.5 Å². The molecule has 1 aliphatic rings. The molecular weight excluding hydrogens is 212 g/mol. The van der Waals surface area contributed by atoms with Crippen molar-refractivity contribution in [3.05, 3.63) is 29.3 Å². The molecule has 1 aromatic rings. The summed E-state index contributed by atoms with van der Waals surface area (Å²) in [6.45, 7) is 5.38. The van der Waals surface area contributed by atoms with E-state index < -0.39 is 0 Å². The minimum Gasteiger partial charge on any atom is -0.396 e. The lowest BCUT2D eigenvalue weighted by Crippen LogP contribution is -2.21. The van der Waals surface area contributed by atoms with Crippen LogP contribution in [0.3, 0.4) is 0 Å². The zero-order valence-electron chi connectivity index (χ0n) is 10.5. The SMILES string of the molecule is CC(CCO)CNCc1cccc2c1NCC2. The first-order chi connectivity index (χ1) is 8.31. The molecule has 0 saturated carbocycles. The van der Waals surface area contributed by atoms with Crippen LogP contribution in [0.25, 0.3) is 0 Å². The van der Waals surface area contributed by atoms with Crippen molar-refractivity contribution in [2.45, 2.75) is 26.3 Å². The molecule has 17 heavy (non-hydrogen) atoms. The van der Waals surface area contributed by atoms with Gasteiger partial charge in [0.05, 0.1) is 0 Å². The molecule has 0 saturated heterocycles. The number of hydrogen-bond acceptors (Lipinski definition) is 3. The molecule has 0 amide bonds. The Bertz CT molecular complexity index is 365. The zero-order valence-corrected chi connectivity index (χ0v) is 10.5. The molecule has 0 bridgehead atoms. The van der Waals surface area contributed by atoms with E-state index in [2.05, 4.69) is 35.8 Å². The maximum atomic E-state index is 8.84. The van der Waals surface area contributed by atoms with Crippen LogP contribution in [0, 0.1) is 5.92 Å². The minimum absolute atomic E-state index is 0.283. The van der Waals surface area contributed by atoms with Crippen LogP contribution in [-0.4, -0.2) is 24.8 Å². The van der Waals surface area contributed by atoms with Crippen molar-refractivity contribution < 1.29 is 5.11 Å². The topological polar surface area (TPSA) is 44.3 Å². The van der Waals surface area contributed by atoms with E-state index in [-0.39, 0.29) is 6.61 Å². The molecule has 0 aliphatic carbocycles. The van der Waals surface area contributed by atoms with E-state index in [9.17, 15) is 0 Å². The van der Waals surface area contributed by atoms with Crippen molar-refractivity contribution in [1.29, 1.82) is 0 Å². The van der Waals surface area contributed by atoms with Gasteiger partial charge in [0.25, 0.3) is 0 Å². The Hall–Kier alpha value is -1.06. The molecule has 1 unspecified atom stereocenters. The van der Waals surface area contributed by atoms with Gasteiger partial charge in [-0.05, 0) is 36.4 Å². The van der Waals surface area contributed by atoms with Crippen molar-refractivity contribution in [1.82, 2.24) is 5.32 Å². The predicted molar refractivity (Wildman–Crippen MR) is 71.2 cm³/mol. The number of aliphatic hydroxyl groups excluding tert-OH is 1. The molecule has 1 aliphatic heterocycles. The molecule has 1 heterocycles. The number of benzene rings is 1. The number of para-hydroxylation sites is 1. The summed E-state index contributed by atoms with van der Waals surface area (Å²) in [5.41, 5.74) is 4.12. The van der Waals surface area contributed by atoms with Crippen molar-refractivity contribution in [2.75, 3.05) is 25.0 Å². The lowest BCUT2D eigenvalue weighted by Gasteiger charge is -2.13. The highest BCUT2D eigenvalue weighted by Crippen LogP contribution is 2.26. The first kappa shape index (κ1) is 12.4. The third-order valence-electron chi connectivity index (χ3n) is 3.36. The Morgan fingerprint density at radius 2 is 2.35 bits per heavy atom. The third kappa shape index (κ3) is 3.20. The predicted octanol–water partition coefficient (Wildman–Crippen LogP) is 1.76. The summed E-state index contributed by atoms with van der Waals surface area (Å²) < 4.78 is 0. The van der Waals surface area contributed by atoms with Crippen LogP contribution < -0.4 is 10.6 Å². The summed E-state index contributed by atoms with van der Waals surface area (Å²) in [5.74, 6) is 0.532. The van der Waals surface area contributed by atoms with Gasteiger partial charge < -0.3 is 15.7 Å². The molecule has 3 nitrogen and oxygen atoms in total. The fraction of sp³-hybridized carbons (Fsp3) is 0.571. The van der Waals surface area contributed by atoms with E-state index in [1.54, 1.807) is 0 Å². The lowest BCUT2D eigenvalue weighted by atomic mass is 10.1. The van der Waals surface area contributed by atoms with Crippen LogP contribution in [0.15, 0.2) is 18.2 Å². The van der Waals surface area contributed by atoms with Gasteiger partial charge in [-0.15, -0.1) is 0 Å². The summed E-state index contributed by atoms with van der Waals surface area (Å²) in [5, 5.41) is 15.8. The molecule has 3 heteroatoms. The molecule has 2 rings (SSSR count). The Labute approximate surface area is 103 Å². The van der Waals surface area contributed by atoms with E-state index >= 15 is 0 Å². The van der Waals surface area contributed by atoms with Gasteiger partial charge in [0.1, 0.15) is 0 Å². The number of fused-ring (bicyclic) bond motifs is 1. The molecule has 1 atom stereocenters. The summed E-state index contributed by atoms with van der Waals surface area (Å²) in [6, 6.07) is 6.52. The third-order valence-corrected chi connectivity index (χ3v) is 3.36. The second-order valence-electron chi connectivity index (χ2n) is 4.88. The van der Waals surface area contributed by atoms with Crippen molar-refractivity contribution >= 4 is 5.69 Å². The van der Waals surface area contributed by atoms with Crippen LogP contribution >= 0.6 is 0 Å². The van der Waals surface area contributed by atoms with Gasteiger partial charge in [0, 0.05) is 25.4 Å². The maximum absolute atomic E-state index is 8.84. The Balaban J connectivity index is 1.85. The molecule has 0 radical (unpaired) electrons. The summed E-state index contributed by atoms with van der Waals surface area (Å²) in [7, 11) is 0. The number of anilines is 1. The van der Waals surface area contributed by atoms with Crippen LogP contribution in [0.4, 0.5) is 5.69 Å². The quantitative estimate of drug-likeness (QED) is 0.703. The van der Waals surface area contributed by atoms with Crippen LogP contribution in [0.2, 0.25) is 0 Å². The number of aliphatic hydroxyl groups is 1. The Morgan fingerprint density at radius 1 is 1.47 bits per heavy atom. The van der Waals surface area contributed by atoms with E-state index in [4.69, 9.17) is 5.11 Å². The Kier molecular flexibility index (Phi) is 4.40. The summed E-state index contributed by atoms with van der Waals surface area (Å²) in [4.78, 5) is 0. The van der Waals surface area contributed by atoms with Gasteiger partial charge in [-0.25, -0.2) is 0 Å². The molecule has 3 N–H and O–H groups in total. The highest BCUT2D eigenvalue weighted by molar-refractivity contribution is 5.61. The lowest BCUT2D eigenvalue weighted by molar-refractivity contribution is 0.260. The van der Waals surface area contributed by atoms with Crippen molar-refractivity contribution in [3.8, 4) is 0 Å². The average Bonchev–Trinajstić information content (AvgIpc) is 2.78. The first-order valence-corrected chi connectivity index (χ1v) is 6.47. The fourth-order valence-electron chi connectivity index (χ4n) is 2.33. The van der Waals surface area contributed by atoms with Gasteiger partial charge >= 0.3 is 0 Å². The second kappa shape index (κ2) is 6.03. The molecule has 0 fully saturated rings. The van der Waals surface area contributed by atoms with Gasteiger partial charge in [-0.2, -0.15) is 0 Å².